The molecule has 2 N–H and O–H groups in total. The average molecular weight is 111 g/mol. The molecule has 0 saturated heterocycles. The van der Waals surface area contributed by atoms with Gasteiger partial charge >= 0.3 is 0 Å². The van der Waals surface area contributed by atoms with Crippen LogP contribution in [0.3, 0.4) is 0 Å². The normalized spacial score (nSPS) is 10.9. The van der Waals surface area contributed by atoms with Crippen LogP contribution < -0.4 is 5.73 Å². The van der Waals surface area contributed by atoms with Crippen LogP contribution in [-0.2, 0) is 4.79 Å². The zero-order chi connectivity index (χ0) is 6.57. The first-order valence-corrected chi connectivity index (χ1v) is 2.31. The molecule has 0 radical (unpaired) electrons. The fourth-order valence-corrected chi connectivity index (χ4v) is 0.260. The highest BCUT2D eigenvalue weighted by atomic mass is 16.1. The summed E-state index contributed by atoms with van der Waals surface area (Å²) in [4.78, 5) is 10.4. The van der Waals surface area contributed by atoms with Gasteiger partial charge in [-0.25, -0.2) is 0 Å². The predicted molar refractivity (Wildman–Crippen MR) is 33.1 cm³/mol. The lowest BCUT2D eigenvalue weighted by Gasteiger charge is -1.88. The van der Waals surface area contributed by atoms with E-state index in [-0.39, 0.29) is 11.5 Å². The molecule has 44 valence electrons. The van der Waals surface area contributed by atoms with Crippen molar-refractivity contribution in [2.45, 2.75) is 6.92 Å². The van der Waals surface area contributed by atoms with Crippen LogP contribution in [0.2, 0.25) is 0 Å². The Kier molecular flexibility index (Phi) is 2.62. The summed E-state index contributed by atoms with van der Waals surface area (Å²) in [5.74, 6) is -0.215. The maximum atomic E-state index is 10.4. The number of carbonyl (C=O) groups excluding carboxylic acids is 1. The minimum Gasteiger partial charge on any atom is -0.396 e. The van der Waals surface area contributed by atoms with E-state index in [9.17, 15) is 4.79 Å². The Labute approximate surface area is 48.7 Å². The van der Waals surface area contributed by atoms with E-state index in [0.29, 0.717) is 0 Å². The first-order chi connectivity index (χ1) is 3.72. The van der Waals surface area contributed by atoms with Gasteiger partial charge in [-0.3, -0.25) is 4.79 Å². The third kappa shape index (κ3) is 1.60. The number of ketones is 1. The van der Waals surface area contributed by atoms with Crippen LogP contribution in [-0.4, -0.2) is 5.78 Å². The minimum atomic E-state index is -0.215. The summed E-state index contributed by atoms with van der Waals surface area (Å²) in [6, 6.07) is 0. The summed E-state index contributed by atoms with van der Waals surface area (Å²) in [6.45, 7) is 4.96. The van der Waals surface area contributed by atoms with Gasteiger partial charge in [0.15, 0.2) is 0 Å². The van der Waals surface area contributed by atoms with Crippen molar-refractivity contribution in [3.63, 3.8) is 0 Å². The van der Waals surface area contributed by atoms with E-state index in [1.54, 1.807) is 13.0 Å². The molecule has 0 bridgehead atoms. The zero-order valence-electron chi connectivity index (χ0n) is 4.85. The van der Waals surface area contributed by atoms with Gasteiger partial charge in [0.05, 0.1) is 5.70 Å². The maximum absolute atomic E-state index is 10.4. The summed E-state index contributed by atoms with van der Waals surface area (Å²) in [6.07, 6.45) is 2.74. The van der Waals surface area contributed by atoms with Crippen LogP contribution in [0.25, 0.3) is 0 Å². The lowest BCUT2D eigenvalue weighted by Crippen LogP contribution is -2.06. The number of rotatable bonds is 2. The van der Waals surface area contributed by atoms with Gasteiger partial charge in [-0.2, -0.15) is 0 Å². The van der Waals surface area contributed by atoms with Crippen LogP contribution in [0.5, 0.6) is 0 Å². The van der Waals surface area contributed by atoms with Crippen molar-refractivity contribution in [3.8, 4) is 0 Å². The molecule has 2 heteroatoms. The SMILES string of the molecule is C=CC(=O)C(N)=CC. The highest BCUT2D eigenvalue weighted by Gasteiger charge is 1.93. The molecule has 0 unspecified atom stereocenters. The van der Waals surface area contributed by atoms with Crippen molar-refractivity contribution < 1.29 is 4.79 Å². The topological polar surface area (TPSA) is 43.1 Å². The molecule has 0 aromatic rings. The highest BCUT2D eigenvalue weighted by molar-refractivity contribution is 6.02. The first-order valence-electron chi connectivity index (χ1n) is 2.31. The second-order valence-electron chi connectivity index (χ2n) is 1.31. The van der Waals surface area contributed by atoms with Crippen LogP contribution in [0.1, 0.15) is 6.92 Å². The monoisotopic (exact) mass is 111 g/mol. The Balaban J connectivity index is 4.03. The average Bonchev–Trinajstić information content (AvgIpc) is 1.84. The molecule has 0 aliphatic rings. The third-order valence-electron chi connectivity index (χ3n) is 0.781. The van der Waals surface area contributed by atoms with Crippen molar-refractivity contribution in [2.24, 2.45) is 5.73 Å². The van der Waals surface area contributed by atoms with E-state index >= 15 is 0 Å². The van der Waals surface area contributed by atoms with Gasteiger partial charge in [0.25, 0.3) is 0 Å². The molecular formula is C6H9NO. The van der Waals surface area contributed by atoms with E-state index in [4.69, 9.17) is 5.73 Å². The molecule has 0 spiro atoms. The van der Waals surface area contributed by atoms with Gasteiger partial charge < -0.3 is 5.73 Å². The molecule has 0 atom stereocenters. The van der Waals surface area contributed by atoms with E-state index in [1.807, 2.05) is 0 Å². The third-order valence-corrected chi connectivity index (χ3v) is 0.781. The predicted octanol–water partition coefficient (Wildman–Crippen LogP) is 0.604. The van der Waals surface area contributed by atoms with E-state index in [2.05, 4.69) is 6.58 Å². The van der Waals surface area contributed by atoms with E-state index in [0.717, 1.165) is 0 Å². The van der Waals surface area contributed by atoms with Crippen molar-refractivity contribution in [2.75, 3.05) is 0 Å². The fourth-order valence-electron chi connectivity index (χ4n) is 0.260. The lowest BCUT2D eigenvalue weighted by atomic mass is 10.3. The molecule has 0 aromatic heterocycles. The number of allylic oxidation sites excluding steroid dienone is 2. The van der Waals surface area contributed by atoms with E-state index in [1.165, 1.54) is 6.08 Å². The summed E-state index contributed by atoms with van der Waals surface area (Å²) in [5.41, 5.74) is 5.42. The number of carbonyl (C=O) groups is 1. The van der Waals surface area contributed by atoms with Crippen molar-refractivity contribution in [1.29, 1.82) is 0 Å². The number of nitrogens with two attached hydrogens (primary N) is 1. The van der Waals surface area contributed by atoms with Crippen molar-refractivity contribution in [3.05, 3.63) is 24.4 Å². The Morgan fingerprint density at radius 1 is 1.75 bits per heavy atom. The lowest BCUT2D eigenvalue weighted by molar-refractivity contribution is -0.111. The Bertz CT molecular complexity index is 135. The molecular weight excluding hydrogens is 102 g/mol. The van der Waals surface area contributed by atoms with Crippen LogP contribution in [0.15, 0.2) is 24.4 Å². The quantitative estimate of drug-likeness (QED) is 0.530. The van der Waals surface area contributed by atoms with Crippen LogP contribution in [0.4, 0.5) is 0 Å². The molecule has 0 fully saturated rings. The molecule has 0 heterocycles. The fraction of sp³-hybridized carbons (Fsp3) is 0.167. The molecule has 0 saturated carbocycles. The zero-order valence-corrected chi connectivity index (χ0v) is 4.85. The van der Waals surface area contributed by atoms with Gasteiger partial charge in [-0.05, 0) is 13.0 Å². The Morgan fingerprint density at radius 3 is 2.38 bits per heavy atom. The molecule has 0 aromatic carbocycles. The standard InChI is InChI=1S/C6H9NO/c1-3-5(7)6(8)4-2/h3-4H,2,7H2,1H3. The van der Waals surface area contributed by atoms with Crippen molar-refractivity contribution >= 4 is 5.78 Å². The second kappa shape index (κ2) is 3.02. The summed E-state index contributed by atoms with van der Waals surface area (Å²) in [7, 11) is 0. The second-order valence-corrected chi connectivity index (χ2v) is 1.31. The van der Waals surface area contributed by atoms with Gasteiger partial charge in [0.1, 0.15) is 0 Å². The van der Waals surface area contributed by atoms with Crippen LogP contribution in [0, 0.1) is 0 Å². The molecule has 0 amide bonds. The van der Waals surface area contributed by atoms with E-state index < -0.39 is 0 Å². The molecule has 8 heavy (non-hydrogen) atoms. The molecule has 0 aliphatic heterocycles. The summed E-state index contributed by atoms with van der Waals surface area (Å²) >= 11 is 0. The number of hydrogen-bond acceptors (Lipinski definition) is 2. The summed E-state index contributed by atoms with van der Waals surface area (Å²) < 4.78 is 0. The molecule has 0 rings (SSSR count). The van der Waals surface area contributed by atoms with Crippen molar-refractivity contribution in [1.82, 2.24) is 0 Å². The van der Waals surface area contributed by atoms with Crippen LogP contribution >= 0.6 is 0 Å². The van der Waals surface area contributed by atoms with Gasteiger partial charge in [0.2, 0.25) is 5.78 Å². The highest BCUT2D eigenvalue weighted by Crippen LogP contribution is 1.84. The molecule has 2 nitrogen and oxygen atoms in total. The summed E-state index contributed by atoms with van der Waals surface area (Å²) in [5, 5.41) is 0. The van der Waals surface area contributed by atoms with Gasteiger partial charge in [0, 0.05) is 0 Å². The van der Waals surface area contributed by atoms with Gasteiger partial charge in [-0.1, -0.05) is 12.7 Å². The number of hydrogen-bond donors (Lipinski definition) is 1. The van der Waals surface area contributed by atoms with Gasteiger partial charge in [-0.15, -0.1) is 0 Å². The largest absolute Gasteiger partial charge is 0.396 e. The maximum Gasteiger partial charge on any atom is 0.200 e. The Hall–Kier alpha value is -1.05. The first kappa shape index (κ1) is 6.95. The Morgan fingerprint density at radius 2 is 2.25 bits per heavy atom. The molecule has 0 aliphatic carbocycles. The smallest absolute Gasteiger partial charge is 0.200 e. The minimum absolute atomic E-state index is 0.215.